The molecule has 0 atom stereocenters. The normalized spacial score (nSPS) is 16.9. The highest BCUT2D eigenvalue weighted by atomic mass is 35.5. The molecule has 1 aromatic heterocycles. The Kier molecular flexibility index (Phi) is 7.63. The molecule has 0 aliphatic carbocycles. The van der Waals surface area contributed by atoms with Crippen LogP contribution in [0.3, 0.4) is 0 Å². The second kappa shape index (κ2) is 11.2. The average molecular weight is 510 g/mol. The standard InChI is InChI=1S/C27H29ClFN5O2/c28-23-16-31-27-32-20-12-18(13-21(15-20)34-9-3-1-4-10-34)17-36-11-5-2-8-30-26(35)19-6-7-22(24(29)14-19)25(23)33-27/h6-7,12-16H,1-5,8-11,17H2,(H,30,35)(H,31,32,33). The smallest absolute Gasteiger partial charge is 0.251 e. The second-order valence-electron chi connectivity index (χ2n) is 9.16. The fourth-order valence-electron chi connectivity index (χ4n) is 4.58. The van der Waals surface area contributed by atoms with Gasteiger partial charge in [-0.05, 0) is 74.1 Å². The Balaban J connectivity index is 1.52. The summed E-state index contributed by atoms with van der Waals surface area (Å²) in [5, 5.41) is 6.33. The van der Waals surface area contributed by atoms with Gasteiger partial charge in [0.1, 0.15) is 5.82 Å². The first-order valence-electron chi connectivity index (χ1n) is 12.4. The lowest BCUT2D eigenvalue weighted by molar-refractivity contribution is 0.0945. The van der Waals surface area contributed by atoms with E-state index in [0.717, 1.165) is 42.9 Å². The zero-order valence-corrected chi connectivity index (χ0v) is 20.8. The molecule has 3 aliphatic rings. The van der Waals surface area contributed by atoms with Crippen molar-refractivity contribution in [3.8, 4) is 11.3 Å². The van der Waals surface area contributed by atoms with Crippen LogP contribution >= 0.6 is 11.6 Å². The van der Waals surface area contributed by atoms with E-state index < -0.39 is 5.82 Å². The van der Waals surface area contributed by atoms with E-state index in [9.17, 15) is 4.79 Å². The van der Waals surface area contributed by atoms with Crippen molar-refractivity contribution in [1.82, 2.24) is 15.3 Å². The van der Waals surface area contributed by atoms with E-state index in [4.69, 9.17) is 16.3 Å². The van der Waals surface area contributed by atoms with E-state index in [2.05, 4.69) is 37.6 Å². The van der Waals surface area contributed by atoms with E-state index in [1.165, 1.54) is 37.6 Å². The second-order valence-corrected chi connectivity index (χ2v) is 9.57. The van der Waals surface area contributed by atoms with Gasteiger partial charge < -0.3 is 20.3 Å². The zero-order chi connectivity index (χ0) is 24.9. The van der Waals surface area contributed by atoms with Crippen molar-refractivity contribution in [2.45, 2.75) is 38.7 Å². The summed E-state index contributed by atoms with van der Waals surface area (Å²) in [5.41, 5.74) is 3.71. The number of hydrogen-bond donors (Lipinski definition) is 2. The third-order valence-electron chi connectivity index (χ3n) is 6.46. The highest BCUT2D eigenvalue weighted by Crippen LogP contribution is 2.31. The molecule has 3 aromatic rings. The SMILES string of the molecule is O=C1NCCCCOCc2cc(cc(N3CCCCC3)c2)Nc2ncc(Cl)c(n2)-c2ccc1cc2F. The molecule has 3 aliphatic heterocycles. The van der Waals surface area contributed by atoms with E-state index in [0.29, 0.717) is 25.7 Å². The van der Waals surface area contributed by atoms with Gasteiger partial charge in [0.25, 0.3) is 5.91 Å². The summed E-state index contributed by atoms with van der Waals surface area (Å²) in [6.45, 7) is 3.59. The van der Waals surface area contributed by atoms with Crippen molar-refractivity contribution >= 4 is 34.8 Å². The predicted molar refractivity (Wildman–Crippen MR) is 139 cm³/mol. The number of anilines is 3. The largest absolute Gasteiger partial charge is 0.377 e. The number of halogens is 2. The Morgan fingerprint density at radius 2 is 1.89 bits per heavy atom. The molecule has 1 saturated heterocycles. The van der Waals surface area contributed by atoms with Crippen molar-refractivity contribution in [2.24, 2.45) is 0 Å². The first-order chi connectivity index (χ1) is 17.6. The molecule has 1 amide bonds. The number of fused-ring (bicyclic) bond motifs is 9. The Hall–Kier alpha value is -3.23. The van der Waals surface area contributed by atoms with Gasteiger partial charge in [0, 0.05) is 48.7 Å². The summed E-state index contributed by atoms with van der Waals surface area (Å²) < 4.78 is 21.0. The lowest BCUT2D eigenvalue weighted by Gasteiger charge is -2.29. The number of carbonyl (C=O) groups is 1. The molecular weight excluding hydrogens is 481 g/mol. The van der Waals surface area contributed by atoms with E-state index in [-0.39, 0.29) is 27.8 Å². The first-order valence-corrected chi connectivity index (χ1v) is 12.8. The molecule has 7 nitrogen and oxygen atoms in total. The third kappa shape index (κ3) is 5.77. The molecule has 1 fully saturated rings. The lowest BCUT2D eigenvalue weighted by atomic mass is 10.1. The molecule has 2 aromatic carbocycles. The van der Waals surface area contributed by atoms with E-state index in [1.807, 2.05) is 6.07 Å². The fraction of sp³-hybridized carbons (Fsp3) is 0.370. The highest BCUT2D eigenvalue weighted by Gasteiger charge is 2.17. The Bertz CT molecular complexity index is 1250. The maximum atomic E-state index is 15.1. The average Bonchev–Trinajstić information content (AvgIpc) is 2.89. The van der Waals surface area contributed by atoms with E-state index >= 15 is 4.39 Å². The number of hydrogen-bond acceptors (Lipinski definition) is 6. The molecule has 2 N–H and O–H groups in total. The number of carbonyl (C=O) groups excluding carboxylic acids is 1. The van der Waals surface area contributed by atoms with Gasteiger partial charge in [0.2, 0.25) is 5.95 Å². The molecule has 6 bridgehead atoms. The van der Waals surface area contributed by atoms with Crippen LogP contribution in [-0.4, -0.2) is 42.1 Å². The van der Waals surface area contributed by atoms with Crippen molar-refractivity contribution in [3.05, 3.63) is 64.6 Å². The van der Waals surface area contributed by atoms with Gasteiger partial charge in [-0.15, -0.1) is 0 Å². The first kappa shape index (κ1) is 24.5. The van der Waals surface area contributed by atoms with E-state index in [1.54, 1.807) is 6.07 Å². The topological polar surface area (TPSA) is 79.4 Å². The molecule has 0 radical (unpaired) electrons. The quantitative estimate of drug-likeness (QED) is 0.437. The number of amides is 1. The van der Waals surface area contributed by atoms with Crippen LogP contribution in [0.2, 0.25) is 5.02 Å². The summed E-state index contributed by atoms with van der Waals surface area (Å²) in [5.74, 6) is -0.595. The van der Waals surface area contributed by atoms with Crippen LogP contribution in [0.5, 0.6) is 0 Å². The molecule has 0 spiro atoms. The van der Waals surface area contributed by atoms with Crippen molar-refractivity contribution in [2.75, 3.05) is 36.5 Å². The van der Waals surface area contributed by atoms with Crippen molar-refractivity contribution in [3.63, 3.8) is 0 Å². The van der Waals surface area contributed by atoms with Gasteiger partial charge in [-0.25, -0.2) is 14.4 Å². The van der Waals surface area contributed by atoms with Crippen LogP contribution in [0.15, 0.2) is 42.6 Å². The van der Waals surface area contributed by atoms with Gasteiger partial charge in [-0.1, -0.05) is 11.6 Å². The number of piperidine rings is 1. The summed E-state index contributed by atoms with van der Waals surface area (Å²) >= 11 is 6.35. The van der Waals surface area contributed by atoms with Crippen LogP contribution in [0.25, 0.3) is 11.3 Å². The highest BCUT2D eigenvalue weighted by molar-refractivity contribution is 6.32. The molecule has 4 heterocycles. The predicted octanol–water partition coefficient (Wildman–Crippen LogP) is 5.71. The van der Waals surface area contributed by atoms with Crippen molar-refractivity contribution in [1.29, 1.82) is 0 Å². The molecule has 9 heteroatoms. The zero-order valence-electron chi connectivity index (χ0n) is 20.0. The molecule has 6 rings (SSSR count). The molecule has 188 valence electrons. The summed E-state index contributed by atoms with van der Waals surface area (Å²) in [7, 11) is 0. The Morgan fingerprint density at radius 1 is 1.03 bits per heavy atom. The lowest BCUT2D eigenvalue weighted by Crippen LogP contribution is -2.29. The van der Waals surface area contributed by atoms with Gasteiger partial charge in [0.05, 0.1) is 23.5 Å². The Morgan fingerprint density at radius 3 is 2.72 bits per heavy atom. The van der Waals surface area contributed by atoms with Gasteiger partial charge >= 0.3 is 0 Å². The van der Waals surface area contributed by atoms with Gasteiger partial charge in [-0.2, -0.15) is 0 Å². The molecule has 0 saturated carbocycles. The molecular formula is C27H29ClFN5O2. The molecule has 0 unspecified atom stereocenters. The minimum Gasteiger partial charge on any atom is -0.377 e. The number of aromatic nitrogens is 2. The maximum Gasteiger partial charge on any atom is 0.251 e. The van der Waals surface area contributed by atoms with Crippen LogP contribution < -0.4 is 15.5 Å². The minimum atomic E-state index is -0.574. The van der Waals surface area contributed by atoms with Crippen LogP contribution in [-0.2, 0) is 11.3 Å². The molecule has 36 heavy (non-hydrogen) atoms. The Labute approximate surface area is 215 Å². The number of benzene rings is 2. The van der Waals surface area contributed by atoms with Crippen LogP contribution in [0.1, 0.15) is 48.0 Å². The summed E-state index contributed by atoms with van der Waals surface area (Å²) in [4.78, 5) is 23.7. The van der Waals surface area contributed by atoms with Crippen molar-refractivity contribution < 1.29 is 13.9 Å². The monoisotopic (exact) mass is 509 g/mol. The fourth-order valence-corrected chi connectivity index (χ4v) is 4.77. The number of nitrogens with zero attached hydrogens (tertiary/aromatic N) is 3. The number of nitrogens with one attached hydrogen (secondary N) is 2. The van der Waals surface area contributed by atoms with Gasteiger partial charge in [0.15, 0.2) is 0 Å². The van der Waals surface area contributed by atoms with Crippen LogP contribution in [0.4, 0.5) is 21.7 Å². The maximum absolute atomic E-state index is 15.1. The summed E-state index contributed by atoms with van der Waals surface area (Å²) in [6.07, 6.45) is 6.63. The third-order valence-corrected chi connectivity index (χ3v) is 6.73. The van der Waals surface area contributed by atoms with Crippen LogP contribution in [0, 0.1) is 5.82 Å². The summed E-state index contributed by atoms with van der Waals surface area (Å²) in [6, 6.07) is 10.6. The number of rotatable bonds is 1. The number of ether oxygens (including phenoxy) is 1. The van der Waals surface area contributed by atoms with Gasteiger partial charge in [-0.3, -0.25) is 4.79 Å². The minimum absolute atomic E-state index is 0.205.